The van der Waals surface area contributed by atoms with Gasteiger partial charge in [0, 0.05) is 31.9 Å². The Morgan fingerprint density at radius 1 is 1.00 bits per heavy atom. The first-order valence-electron chi connectivity index (χ1n) is 9.95. The minimum Gasteiger partial charge on any atom is -0.322 e. The van der Waals surface area contributed by atoms with Crippen LogP contribution in [-0.4, -0.2) is 71.7 Å². The van der Waals surface area contributed by atoms with Crippen LogP contribution in [0.5, 0.6) is 0 Å². The number of carbonyl (C=O) groups excluding carboxylic acids is 1. The number of hydrogen-bond acceptors (Lipinski definition) is 6. The second-order valence-electron chi connectivity index (χ2n) is 7.17. The number of amides is 1. The molecule has 2 N–H and O–H groups in total. The van der Waals surface area contributed by atoms with Crippen LogP contribution in [0.4, 0.5) is 10.1 Å². The third kappa shape index (κ3) is 5.15. The lowest BCUT2D eigenvalue weighted by atomic mass is 10.2. The van der Waals surface area contributed by atoms with Crippen LogP contribution in [-0.2, 0) is 20.0 Å². The first kappa shape index (κ1) is 24.3. The molecule has 1 amide bonds. The van der Waals surface area contributed by atoms with Crippen LogP contribution in [0.25, 0.3) is 0 Å². The largest absolute Gasteiger partial charge is 0.322 e. The molecule has 1 saturated heterocycles. The molecule has 32 heavy (non-hydrogen) atoms. The molecule has 0 spiro atoms. The lowest BCUT2D eigenvalue weighted by Gasteiger charge is -2.33. The molecule has 12 heteroatoms. The third-order valence-corrected chi connectivity index (χ3v) is 8.58. The molecule has 1 heterocycles. The number of rotatable bonds is 7. The highest BCUT2D eigenvalue weighted by molar-refractivity contribution is 7.89. The van der Waals surface area contributed by atoms with Gasteiger partial charge >= 0.3 is 0 Å². The van der Waals surface area contributed by atoms with Gasteiger partial charge in [0.25, 0.3) is 5.91 Å². The predicted octanol–water partition coefficient (Wildman–Crippen LogP) is 1.31. The monoisotopic (exact) mass is 484 g/mol. The average molecular weight is 485 g/mol. The van der Waals surface area contributed by atoms with Gasteiger partial charge in [0.15, 0.2) is 0 Å². The zero-order chi connectivity index (χ0) is 23.5. The zero-order valence-corrected chi connectivity index (χ0v) is 19.3. The maximum atomic E-state index is 14.2. The molecule has 1 fully saturated rings. The molecule has 0 radical (unpaired) electrons. The van der Waals surface area contributed by atoms with E-state index in [0.717, 1.165) is 24.7 Å². The Balaban J connectivity index is 1.82. The number of nitrogens with zero attached hydrogens (tertiary/aromatic N) is 2. The number of hydrogen-bond donors (Lipinski definition) is 2. The molecule has 1 aliphatic rings. The molecule has 174 valence electrons. The molecule has 0 aliphatic carbocycles. The molecule has 0 bridgehead atoms. The van der Waals surface area contributed by atoms with Crippen LogP contribution < -0.4 is 10.0 Å². The molecule has 3 rings (SSSR count). The molecule has 2 aromatic carbocycles. The Morgan fingerprint density at radius 2 is 1.69 bits per heavy atom. The molecule has 2 aromatic rings. The van der Waals surface area contributed by atoms with E-state index in [1.54, 1.807) is 0 Å². The second-order valence-corrected chi connectivity index (χ2v) is 11.0. The van der Waals surface area contributed by atoms with Gasteiger partial charge in [-0.3, -0.25) is 4.79 Å². The van der Waals surface area contributed by atoms with Gasteiger partial charge in [0.1, 0.15) is 5.82 Å². The van der Waals surface area contributed by atoms with Crippen molar-refractivity contribution < 1.29 is 26.0 Å². The fourth-order valence-corrected chi connectivity index (χ4v) is 5.56. The van der Waals surface area contributed by atoms with Crippen LogP contribution in [0.2, 0.25) is 0 Å². The topological polar surface area (TPSA) is 116 Å². The highest BCUT2D eigenvalue weighted by Crippen LogP contribution is 2.22. The van der Waals surface area contributed by atoms with Crippen LogP contribution in [0, 0.1) is 5.82 Å². The van der Waals surface area contributed by atoms with Gasteiger partial charge in [-0.25, -0.2) is 25.9 Å². The van der Waals surface area contributed by atoms with E-state index in [1.807, 2.05) is 6.92 Å². The van der Waals surface area contributed by atoms with Gasteiger partial charge in [0.2, 0.25) is 20.0 Å². The van der Waals surface area contributed by atoms with E-state index < -0.39 is 37.3 Å². The van der Waals surface area contributed by atoms with Gasteiger partial charge in [-0.1, -0.05) is 13.0 Å². The van der Waals surface area contributed by atoms with Crippen molar-refractivity contribution in [3.8, 4) is 0 Å². The molecule has 1 aliphatic heterocycles. The quantitative estimate of drug-likeness (QED) is 0.612. The summed E-state index contributed by atoms with van der Waals surface area (Å²) in [5, 5.41) is 2.44. The number of halogens is 1. The Labute approximate surface area is 187 Å². The van der Waals surface area contributed by atoms with Gasteiger partial charge < -0.3 is 10.2 Å². The fourth-order valence-electron chi connectivity index (χ4n) is 3.33. The minimum absolute atomic E-state index is 0.00670. The molecular formula is C20H25FN4O5S2. The normalized spacial score (nSPS) is 16.1. The fraction of sp³-hybridized carbons (Fsp3) is 0.350. The number of benzene rings is 2. The summed E-state index contributed by atoms with van der Waals surface area (Å²) in [7, 11) is -6.43. The first-order chi connectivity index (χ1) is 15.1. The van der Waals surface area contributed by atoms with Crippen LogP contribution in [0.1, 0.15) is 17.3 Å². The SMILES string of the molecule is CCN1CCN(S(=O)(=O)c2cccc(NC(=O)c3cc(S(=O)(=O)NC)ccc3F)c2)CC1. The Bertz CT molecular complexity index is 1210. The van der Waals surface area contributed by atoms with Crippen molar-refractivity contribution in [1.82, 2.24) is 13.9 Å². The van der Waals surface area contributed by atoms with E-state index in [1.165, 1.54) is 35.6 Å². The minimum atomic E-state index is -3.87. The van der Waals surface area contributed by atoms with Crippen LogP contribution in [0.3, 0.4) is 0 Å². The number of carbonyl (C=O) groups is 1. The van der Waals surface area contributed by atoms with Crippen molar-refractivity contribution in [3.63, 3.8) is 0 Å². The molecular weight excluding hydrogens is 459 g/mol. The maximum Gasteiger partial charge on any atom is 0.258 e. The highest BCUT2D eigenvalue weighted by atomic mass is 32.2. The van der Waals surface area contributed by atoms with Crippen molar-refractivity contribution in [2.45, 2.75) is 16.7 Å². The van der Waals surface area contributed by atoms with E-state index >= 15 is 0 Å². The summed E-state index contributed by atoms with van der Waals surface area (Å²) in [4.78, 5) is 14.5. The second kappa shape index (κ2) is 9.63. The Hall–Kier alpha value is -2.38. The van der Waals surface area contributed by atoms with Crippen LogP contribution in [0.15, 0.2) is 52.3 Å². The van der Waals surface area contributed by atoms with Crippen molar-refractivity contribution in [2.75, 3.05) is 45.1 Å². The zero-order valence-electron chi connectivity index (χ0n) is 17.7. The molecule has 0 saturated carbocycles. The number of anilines is 1. The standard InChI is InChI=1S/C20H25FN4O5S2/c1-3-24-9-11-25(12-10-24)32(29,30)17-6-4-5-15(13-17)23-20(26)18-14-16(7-8-19(18)21)31(27,28)22-2/h4-8,13-14,22H,3,9-12H2,1-2H3,(H,23,26). The van der Waals surface area contributed by atoms with Gasteiger partial charge in [-0.2, -0.15) is 4.31 Å². The van der Waals surface area contributed by atoms with E-state index in [2.05, 4.69) is 14.9 Å². The van der Waals surface area contributed by atoms with Gasteiger partial charge in [-0.15, -0.1) is 0 Å². The lowest BCUT2D eigenvalue weighted by Crippen LogP contribution is -2.48. The molecule has 9 nitrogen and oxygen atoms in total. The maximum absolute atomic E-state index is 14.2. The number of nitrogens with one attached hydrogen (secondary N) is 2. The lowest BCUT2D eigenvalue weighted by molar-refractivity contribution is 0.102. The summed E-state index contributed by atoms with van der Waals surface area (Å²) in [6.07, 6.45) is 0. The van der Waals surface area contributed by atoms with E-state index in [4.69, 9.17) is 0 Å². The van der Waals surface area contributed by atoms with E-state index in [0.29, 0.717) is 26.2 Å². The summed E-state index contributed by atoms with van der Waals surface area (Å²) < 4.78 is 67.6. The summed E-state index contributed by atoms with van der Waals surface area (Å²) in [5.41, 5.74) is -0.338. The van der Waals surface area contributed by atoms with Crippen molar-refractivity contribution in [2.24, 2.45) is 0 Å². The summed E-state index contributed by atoms with van der Waals surface area (Å²) in [6.45, 7) is 4.87. The first-order valence-corrected chi connectivity index (χ1v) is 12.9. The predicted molar refractivity (Wildman–Crippen MR) is 118 cm³/mol. The third-order valence-electron chi connectivity index (χ3n) is 5.27. The summed E-state index contributed by atoms with van der Waals surface area (Å²) in [6, 6.07) is 8.52. The van der Waals surface area contributed by atoms with Crippen molar-refractivity contribution >= 4 is 31.6 Å². The number of likely N-dealkylation sites (N-methyl/N-ethyl adjacent to an activating group) is 1. The van der Waals surface area contributed by atoms with Crippen LogP contribution >= 0.6 is 0 Å². The summed E-state index contributed by atoms with van der Waals surface area (Å²) >= 11 is 0. The number of piperazine rings is 1. The smallest absolute Gasteiger partial charge is 0.258 e. The van der Waals surface area contributed by atoms with Crippen molar-refractivity contribution in [1.29, 1.82) is 0 Å². The summed E-state index contributed by atoms with van der Waals surface area (Å²) in [5.74, 6) is -1.81. The molecule has 0 unspecified atom stereocenters. The van der Waals surface area contributed by atoms with E-state index in [-0.39, 0.29) is 15.5 Å². The van der Waals surface area contributed by atoms with Crippen molar-refractivity contribution in [3.05, 3.63) is 53.8 Å². The molecule has 0 atom stereocenters. The molecule has 0 aromatic heterocycles. The van der Waals surface area contributed by atoms with Gasteiger partial charge in [0.05, 0.1) is 15.4 Å². The Kier molecular flexibility index (Phi) is 7.30. The highest BCUT2D eigenvalue weighted by Gasteiger charge is 2.28. The average Bonchev–Trinajstić information content (AvgIpc) is 2.79. The number of sulfonamides is 2. The van der Waals surface area contributed by atoms with Gasteiger partial charge in [-0.05, 0) is 50.0 Å². The van der Waals surface area contributed by atoms with E-state index in [9.17, 15) is 26.0 Å². The Morgan fingerprint density at radius 3 is 2.31 bits per heavy atom.